The zero-order chi connectivity index (χ0) is 25.9. The maximum Gasteiger partial charge on any atom is 0.283 e. The molecule has 2 amide bonds. The average molecular weight is 542 g/mol. The predicted molar refractivity (Wildman–Crippen MR) is 143 cm³/mol. The number of rotatable bonds is 9. The number of hydrogen-bond acceptors (Lipinski definition) is 6. The molecule has 4 rings (SSSR count). The first kappa shape index (κ1) is 25.8. The summed E-state index contributed by atoms with van der Waals surface area (Å²) in [4.78, 5) is 28.4. The van der Waals surface area contributed by atoms with E-state index < -0.39 is 21.8 Å². The first-order valence-electron chi connectivity index (χ1n) is 11.2. The highest BCUT2D eigenvalue weighted by Crippen LogP contribution is 2.37. The van der Waals surface area contributed by atoms with Crippen molar-refractivity contribution in [2.75, 3.05) is 10.6 Å². The van der Waals surface area contributed by atoms with Crippen molar-refractivity contribution < 1.29 is 18.0 Å². The van der Waals surface area contributed by atoms with Crippen molar-refractivity contribution in [3.05, 3.63) is 94.0 Å². The molecule has 0 fully saturated rings. The fraction of sp³-hybridized carbons (Fsp3) is 0.154. The van der Waals surface area contributed by atoms with Gasteiger partial charge < -0.3 is 5.73 Å². The minimum absolute atomic E-state index is 0.0311. The van der Waals surface area contributed by atoms with E-state index in [1.165, 1.54) is 24.3 Å². The van der Waals surface area contributed by atoms with Gasteiger partial charge in [-0.2, -0.15) is 0 Å². The minimum Gasteiger partial charge on any atom is -0.399 e. The molecule has 0 spiro atoms. The normalized spacial score (nSPS) is 14.0. The van der Waals surface area contributed by atoms with Crippen LogP contribution < -0.4 is 15.4 Å². The van der Waals surface area contributed by atoms with Gasteiger partial charge in [0, 0.05) is 15.6 Å². The van der Waals surface area contributed by atoms with Crippen LogP contribution in [0, 0.1) is 0 Å². The molecule has 0 unspecified atom stereocenters. The van der Waals surface area contributed by atoms with Gasteiger partial charge >= 0.3 is 0 Å². The molecule has 3 aromatic carbocycles. The van der Waals surface area contributed by atoms with Crippen molar-refractivity contribution in [2.45, 2.75) is 36.0 Å². The number of hydrogen-bond donors (Lipinski definition) is 2. The summed E-state index contributed by atoms with van der Waals surface area (Å²) in [7, 11) is -4.17. The van der Waals surface area contributed by atoms with Gasteiger partial charge in [0.1, 0.15) is 10.6 Å². The molecule has 1 aliphatic rings. The molecular weight excluding hydrogens is 518 g/mol. The van der Waals surface area contributed by atoms with Crippen LogP contribution in [0.2, 0.25) is 5.02 Å². The van der Waals surface area contributed by atoms with E-state index in [1.807, 2.05) is 12.1 Å². The Hall–Kier alpha value is -3.27. The molecule has 0 radical (unpaired) electrons. The SMILES string of the molecule is CCCCc1ccc(N2C(=O)C(NS(=O)(=O)c3ccc(N)cc3)=C(Sc3ccc(Cl)cc3)C2=O)cc1. The van der Waals surface area contributed by atoms with Gasteiger partial charge in [0.05, 0.1) is 10.6 Å². The second kappa shape index (κ2) is 10.8. The van der Waals surface area contributed by atoms with Crippen LogP contribution in [0.1, 0.15) is 25.3 Å². The molecule has 0 aliphatic carbocycles. The summed E-state index contributed by atoms with van der Waals surface area (Å²) in [5.74, 6) is -1.37. The van der Waals surface area contributed by atoms with Crippen LogP contribution in [0.4, 0.5) is 11.4 Å². The zero-order valence-electron chi connectivity index (χ0n) is 19.4. The third-order valence-corrected chi connectivity index (χ3v) is 8.22. The molecule has 10 heteroatoms. The van der Waals surface area contributed by atoms with Crippen LogP contribution in [-0.4, -0.2) is 20.2 Å². The number of amides is 2. The van der Waals surface area contributed by atoms with Crippen molar-refractivity contribution in [2.24, 2.45) is 0 Å². The highest BCUT2D eigenvalue weighted by Gasteiger charge is 2.42. The Kier molecular flexibility index (Phi) is 7.73. The number of nitrogens with two attached hydrogens (primary N) is 1. The fourth-order valence-electron chi connectivity index (χ4n) is 3.58. The summed E-state index contributed by atoms with van der Waals surface area (Å²) in [6.07, 6.45) is 2.97. The largest absolute Gasteiger partial charge is 0.399 e. The van der Waals surface area contributed by atoms with Crippen LogP contribution >= 0.6 is 23.4 Å². The number of benzene rings is 3. The topological polar surface area (TPSA) is 110 Å². The molecular formula is C26H24ClN3O4S2. The third kappa shape index (κ3) is 5.59. The second-order valence-corrected chi connectivity index (χ2v) is 11.4. The Labute approximate surface area is 219 Å². The maximum absolute atomic E-state index is 13.5. The monoisotopic (exact) mass is 541 g/mol. The van der Waals surface area contributed by atoms with Gasteiger partial charge in [-0.15, -0.1) is 0 Å². The number of nitrogens with one attached hydrogen (secondary N) is 1. The van der Waals surface area contributed by atoms with Crippen molar-refractivity contribution >= 4 is 56.6 Å². The second-order valence-electron chi connectivity index (χ2n) is 8.15. The summed E-state index contributed by atoms with van der Waals surface area (Å²) < 4.78 is 28.5. The van der Waals surface area contributed by atoms with Crippen LogP contribution in [0.25, 0.3) is 0 Å². The predicted octanol–water partition coefficient (Wildman–Crippen LogP) is 5.12. The highest BCUT2D eigenvalue weighted by molar-refractivity contribution is 8.04. The molecule has 0 bridgehead atoms. The number of unbranched alkanes of at least 4 members (excludes halogenated alkanes) is 1. The summed E-state index contributed by atoms with van der Waals surface area (Å²) in [6.45, 7) is 2.11. The molecule has 1 aliphatic heterocycles. The van der Waals surface area contributed by atoms with Crippen molar-refractivity contribution in [1.29, 1.82) is 0 Å². The van der Waals surface area contributed by atoms with Gasteiger partial charge in [0.25, 0.3) is 21.8 Å². The number of nitrogen functional groups attached to an aromatic ring is 1. The number of anilines is 2. The van der Waals surface area contributed by atoms with Gasteiger partial charge in [-0.25, -0.2) is 13.3 Å². The Balaban J connectivity index is 1.71. The van der Waals surface area contributed by atoms with Gasteiger partial charge in [-0.05, 0) is 79.1 Å². The smallest absolute Gasteiger partial charge is 0.283 e. The number of nitrogens with zero attached hydrogens (tertiary/aromatic N) is 1. The number of aryl methyl sites for hydroxylation is 1. The van der Waals surface area contributed by atoms with Crippen LogP contribution in [0.3, 0.4) is 0 Å². The quantitative estimate of drug-likeness (QED) is 0.287. The molecule has 0 saturated heterocycles. The first-order chi connectivity index (χ1) is 17.2. The summed E-state index contributed by atoms with van der Waals surface area (Å²) in [5.41, 5.74) is 7.21. The number of imide groups is 1. The first-order valence-corrected chi connectivity index (χ1v) is 13.9. The van der Waals surface area contributed by atoms with Gasteiger partial charge in [-0.3, -0.25) is 14.3 Å². The summed E-state index contributed by atoms with van der Waals surface area (Å²) in [5, 5.41) is 0.510. The van der Waals surface area contributed by atoms with Crippen molar-refractivity contribution in [1.82, 2.24) is 4.72 Å². The Morgan fingerprint density at radius 2 is 1.56 bits per heavy atom. The highest BCUT2D eigenvalue weighted by atomic mass is 35.5. The molecule has 186 valence electrons. The van der Waals surface area contributed by atoms with Gasteiger partial charge in [0.15, 0.2) is 0 Å². The molecule has 0 atom stereocenters. The number of carbonyl (C=O) groups is 2. The van der Waals surface area contributed by atoms with E-state index in [0.717, 1.165) is 41.5 Å². The lowest BCUT2D eigenvalue weighted by molar-refractivity contribution is -0.120. The number of carbonyl (C=O) groups excluding carboxylic acids is 2. The van der Waals surface area contributed by atoms with Gasteiger partial charge in [-0.1, -0.05) is 48.8 Å². The van der Waals surface area contributed by atoms with Crippen LogP contribution in [-0.2, 0) is 26.0 Å². The van der Waals surface area contributed by atoms with E-state index in [9.17, 15) is 18.0 Å². The van der Waals surface area contributed by atoms with Crippen LogP contribution in [0.5, 0.6) is 0 Å². The van der Waals surface area contributed by atoms with E-state index in [0.29, 0.717) is 21.3 Å². The maximum atomic E-state index is 13.5. The molecule has 0 aromatic heterocycles. The minimum atomic E-state index is -4.17. The van der Waals surface area contributed by atoms with Crippen molar-refractivity contribution in [3.63, 3.8) is 0 Å². The van der Waals surface area contributed by atoms with Gasteiger partial charge in [0.2, 0.25) is 0 Å². The molecule has 1 heterocycles. The lowest BCUT2D eigenvalue weighted by Crippen LogP contribution is -2.35. The molecule has 3 N–H and O–H groups in total. The van der Waals surface area contributed by atoms with Crippen molar-refractivity contribution in [3.8, 4) is 0 Å². The average Bonchev–Trinajstić information content (AvgIpc) is 3.08. The molecule has 3 aromatic rings. The molecule has 7 nitrogen and oxygen atoms in total. The Morgan fingerprint density at radius 3 is 2.17 bits per heavy atom. The van der Waals surface area contributed by atoms with E-state index in [4.69, 9.17) is 17.3 Å². The van der Waals surface area contributed by atoms with Crippen LogP contribution in [0.15, 0.2) is 93.2 Å². The Morgan fingerprint density at radius 1 is 0.917 bits per heavy atom. The lowest BCUT2D eigenvalue weighted by Gasteiger charge is -2.16. The van der Waals surface area contributed by atoms with E-state index in [2.05, 4.69) is 11.6 Å². The zero-order valence-corrected chi connectivity index (χ0v) is 21.8. The van der Waals surface area contributed by atoms with E-state index >= 15 is 0 Å². The third-order valence-electron chi connectivity index (χ3n) is 5.52. The number of sulfonamides is 1. The molecule has 36 heavy (non-hydrogen) atoms. The van der Waals surface area contributed by atoms with E-state index in [-0.39, 0.29) is 15.5 Å². The molecule has 0 saturated carbocycles. The fourth-order valence-corrected chi connectivity index (χ4v) is 5.77. The standard InChI is InChI=1S/C26H24ClN3O4S2/c1-2-3-4-17-5-11-20(12-6-17)30-25(31)23(29-36(33,34)22-15-9-19(28)10-16-22)24(26(30)32)35-21-13-7-18(27)8-14-21/h5-16,29H,2-4,28H2,1H3. The number of thioether (sulfide) groups is 1. The van der Waals surface area contributed by atoms with E-state index in [1.54, 1.807) is 36.4 Å². The Bertz CT molecular complexity index is 1420. The summed E-state index contributed by atoms with van der Waals surface area (Å²) >= 11 is 6.96. The number of halogens is 1. The lowest BCUT2D eigenvalue weighted by atomic mass is 10.1. The summed E-state index contributed by atoms with van der Waals surface area (Å²) in [6, 6.07) is 19.4.